The highest BCUT2D eigenvalue weighted by molar-refractivity contribution is 7.99. The molecule has 1 atom stereocenters. The van der Waals surface area contributed by atoms with Gasteiger partial charge in [-0.3, -0.25) is 9.36 Å². The van der Waals surface area contributed by atoms with Crippen LogP contribution in [0.15, 0.2) is 52.4 Å². The molecule has 9 heteroatoms. The van der Waals surface area contributed by atoms with Gasteiger partial charge in [0.25, 0.3) is 5.56 Å². The smallest absolute Gasteiger partial charge is 0.266 e. The molecule has 0 radical (unpaired) electrons. The van der Waals surface area contributed by atoms with Crippen molar-refractivity contribution < 1.29 is 0 Å². The fourth-order valence-corrected chi connectivity index (χ4v) is 4.34. The Morgan fingerprint density at radius 1 is 1.00 bits per heavy atom. The van der Waals surface area contributed by atoms with Gasteiger partial charge >= 0.3 is 0 Å². The number of hydrogen-bond acceptors (Lipinski definition) is 8. The molecule has 0 saturated carbocycles. The Balaban J connectivity index is 1.89. The lowest BCUT2D eigenvalue weighted by atomic mass is 10.1. The van der Waals surface area contributed by atoms with Gasteiger partial charge in [0.15, 0.2) is 5.16 Å². The van der Waals surface area contributed by atoms with Gasteiger partial charge in [-0.25, -0.2) is 4.98 Å². The second-order valence-electron chi connectivity index (χ2n) is 7.78. The predicted octanol–water partition coefficient (Wildman–Crippen LogP) is 3.69. The molecule has 0 bridgehead atoms. The summed E-state index contributed by atoms with van der Waals surface area (Å²) in [5, 5.41) is 0.924. The van der Waals surface area contributed by atoms with Crippen molar-refractivity contribution in [2.45, 2.75) is 31.2 Å². The number of nitrogens with zero attached hydrogens (tertiary/aromatic N) is 6. The van der Waals surface area contributed by atoms with Gasteiger partial charge in [-0.1, -0.05) is 36.0 Å². The SMILES string of the molecule is Cc1cccc(-n2c(SC(C)c3nc(N)nc(N(C)C)n3)nc3ccccc3c2=O)c1C. The maximum atomic E-state index is 13.6. The maximum absolute atomic E-state index is 13.6. The molecular formula is C23H25N7OS. The second kappa shape index (κ2) is 8.58. The number of fused-ring (bicyclic) bond motifs is 1. The highest BCUT2D eigenvalue weighted by atomic mass is 32.2. The summed E-state index contributed by atoms with van der Waals surface area (Å²) in [5.41, 5.74) is 9.40. The molecule has 0 saturated heterocycles. The van der Waals surface area contributed by atoms with Gasteiger partial charge in [-0.05, 0) is 50.1 Å². The van der Waals surface area contributed by atoms with Crippen LogP contribution in [-0.4, -0.2) is 38.6 Å². The summed E-state index contributed by atoms with van der Waals surface area (Å²) in [4.78, 5) is 33.2. The van der Waals surface area contributed by atoms with E-state index in [1.807, 2.05) is 71.3 Å². The zero-order valence-electron chi connectivity index (χ0n) is 18.7. The van der Waals surface area contributed by atoms with E-state index in [1.54, 1.807) is 15.5 Å². The van der Waals surface area contributed by atoms with Gasteiger partial charge in [0.1, 0.15) is 5.82 Å². The monoisotopic (exact) mass is 447 g/mol. The van der Waals surface area contributed by atoms with E-state index < -0.39 is 0 Å². The third kappa shape index (κ3) is 4.03. The summed E-state index contributed by atoms with van der Waals surface area (Å²) in [6.07, 6.45) is 0. The van der Waals surface area contributed by atoms with Crippen LogP contribution in [0, 0.1) is 13.8 Å². The molecule has 1 unspecified atom stereocenters. The predicted molar refractivity (Wildman–Crippen MR) is 130 cm³/mol. The quantitative estimate of drug-likeness (QED) is 0.365. The van der Waals surface area contributed by atoms with E-state index in [-0.39, 0.29) is 16.8 Å². The Labute approximate surface area is 190 Å². The van der Waals surface area contributed by atoms with Crippen LogP contribution < -0.4 is 16.2 Å². The normalized spacial score (nSPS) is 12.2. The lowest BCUT2D eigenvalue weighted by molar-refractivity contribution is 0.801. The topological polar surface area (TPSA) is 103 Å². The Morgan fingerprint density at radius 2 is 1.75 bits per heavy atom. The molecule has 0 aliphatic heterocycles. The first-order valence-corrected chi connectivity index (χ1v) is 11.1. The molecule has 8 nitrogen and oxygen atoms in total. The second-order valence-corrected chi connectivity index (χ2v) is 9.09. The molecule has 0 aliphatic rings. The third-order valence-electron chi connectivity index (χ3n) is 5.27. The molecule has 2 aromatic carbocycles. The number of benzene rings is 2. The van der Waals surface area contributed by atoms with Crippen molar-refractivity contribution in [2.24, 2.45) is 0 Å². The van der Waals surface area contributed by atoms with Crippen molar-refractivity contribution in [1.29, 1.82) is 0 Å². The standard InChI is InChI=1S/C23H25N7OS/c1-13-9-8-12-18(14(13)2)30-20(31)16-10-6-7-11-17(16)25-23(30)32-15(3)19-26-21(24)28-22(27-19)29(4)5/h6-12,15H,1-5H3,(H2,24,26,27,28). The fourth-order valence-electron chi connectivity index (χ4n) is 3.37. The van der Waals surface area contributed by atoms with Crippen LogP contribution in [0.25, 0.3) is 16.6 Å². The zero-order chi connectivity index (χ0) is 23.0. The van der Waals surface area contributed by atoms with E-state index in [1.165, 1.54) is 11.8 Å². The van der Waals surface area contributed by atoms with Crippen molar-refractivity contribution >= 4 is 34.6 Å². The van der Waals surface area contributed by atoms with Gasteiger partial charge in [0.2, 0.25) is 11.9 Å². The minimum atomic E-state index is -0.219. The summed E-state index contributed by atoms with van der Waals surface area (Å²) in [7, 11) is 3.69. The fraction of sp³-hybridized carbons (Fsp3) is 0.261. The number of aryl methyl sites for hydroxylation is 1. The number of thioether (sulfide) groups is 1. The summed E-state index contributed by atoms with van der Waals surface area (Å²) < 4.78 is 1.68. The van der Waals surface area contributed by atoms with Crippen LogP contribution in [0.1, 0.15) is 29.1 Å². The van der Waals surface area contributed by atoms with E-state index in [2.05, 4.69) is 15.0 Å². The first-order chi connectivity index (χ1) is 15.3. The molecular weight excluding hydrogens is 422 g/mol. The van der Waals surface area contributed by atoms with E-state index in [4.69, 9.17) is 10.7 Å². The Kier molecular flexibility index (Phi) is 5.84. The highest BCUT2D eigenvalue weighted by Crippen LogP contribution is 2.34. The van der Waals surface area contributed by atoms with Crippen LogP contribution >= 0.6 is 11.8 Å². The maximum Gasteiger partial charge on any atom is 0.266 e. The average molecular weight is 448 g/mol. The molecule has 0 amide bonds. The van der Waals surface area contributed by atoms with Crippen molar-refractivity contribution in [3.8, 4) is 5.69 Å². The molecule has 0 aliphatic carbocycles. The molecule has 32 heavy (non-hydrogen) atoms. The van der Waals surface area contributed by atoms with E-state index in [9.17, 15) is 4.79 Å². The molecule has 2 heterocycles. The summed E-state index contributed by atoms with van der Waals surface area (Å²) in [6.45, 7) is 6.01. The number of rotatable bonds is 5. The molecule has 2 aromatic heterocycles. The van der Waals surface area contributed by atoms with Gasteiger partial charge in [-0.15, -0.1) is 0 Å². The van der Waals surface area contributed by atoms with Crippen LogP contribution in [0.5, 0.6) is 0 Å². The van der Waals surface area contributed by atoms with Crippen molar-refractivity contribution in [3.05, 3.63) is 69.8 Å². The molecule has 0 fully saturated rings. The minimum absolute atomic E-state index is 0.108. The van der Waals surface area contributed by atoms with Crippen LogP contribution in [0.2, 0.25) is 0 Å². The van der Waals surface area contributed by atoms with Crippen molar-refractivity contribution in [2.75, 3.05) is 24.7 Å². The number of anilines is 2. The highest BCUT2D eigenvalue weighted by Gasteiger charge is 2.21. The Morgan fingerprint density at radius 3 is 2.50 bits per heavy atom. The molecule has 2 N–H and O–H groups in total. The van der Waals surface area contributed by atoms with E-state index in [0.29, 0.717) is 27.8 Å². The van der Waals surface area contributed by atoms with Crippen molar-refractivity contribution in [1.82, 2.24) is 24.5 Å². The first kappa shape index (κ1) is 21.8. The van der Waals surface area contributed by atoms with Gasteiger partial charge in [0.05, 0.1) is 21.8 Å². The van der Waals surface area contributed by atoms with Gasteiger partial charge in [-0.2, -0.15) is 15.0 Å². The summed E-state index contributed by atoms with van der Waals surface area (Å²) >= 11 is 1.42. The zero-order valence-corrected chi connectivity index (χ0v) is 19.5. The third-order valence-corrected chi connectivity index (χ3v) is 6.31. The number of hydrogen-bond donors (Lipinski definition) is 1. The van der Waals surface area contributed by atoms with Crippen LogP contribution in [-0.2, 0) is 0 Å². The van der Waals surface area contributed by atoms with Crippen molar-refractivity contribution in [3.63, 3.8) is 0 Å². The molecule has 164 valence electrons. The molecule has 4 aromatic rings. The largest absolute Gasteiger partial charge is 0.368 e. The lowest BCUT2D eigenvalue weighted by Crippen LogP contribution is -2.23. The Hall–Kier alpha value is -3.46. The lowest BCUT2D eigenvalue weighted by Gasteiger charge is -2.19. The van der Waals surface area contributed by atoms with Crippen LogP contribution in [0.4, 0.5) is 11.9 Å². The Bertz CT molecular complexity index is 1370. The number of nitrogen functional groups attached to an aromatic ring is 1. The molecule has 0 spiro atoms. The summed E-state index contributed by atoms with van der Waals surface area (Å²) in [5.74, 6) is 1.17. The first-order valence-electron chi connectivity index (χ1n) is 10.2. The number of aromatic nitrogens is 5. The van der Waals surface area contributed by atoms with Gasteiger partial charge < -0.3 is 10.6 Å². The number of nitrogens with two attached hydrogens (primary N) is 1. The van der Waals surface area contributed by atoms with E-state index >= 15 is 0 Å². The van der Waals surface area contributed by atoms with Gasteiger partial charge in [0, 0.05) is 14.1 Å². The average Bonchev–Trinajstić information content (AvgIpc) is 2.76. The summed E-state index contributed by atoms with van der Waals surface area (Å²) in [6, 6.07) is 13.3. The minimum Gasteiger partial charge on any atom is -0.368 e. The van der Waals surface area contributed by atoms with E-state index in [0.717, 1.165) is 16.8 Å². The molecule has 4 rings (SSSR count). The van der Waals surface area contributed by atoms with Crippen LogP contribution in [0.3, 0.4) is 0 Å². The number of para-hydroxylation sites is 1.